The molecule has 1 aromatic rings. The first kappa shape index (κ1) is 18.7. The van der Waals surface area contributed by atoms with Crippen LogP contribution in [0.5, 0.6) is 0 Å². The summed E-state index contributed by atoms with van der Waals surface area (Å²) < 4.78 is 18.3. The van der Waals surface area contributed by atoms with E-state index < -0.39 is 16.4 Å². The topological polar surface area (TPSA) is 86.5 Å². The first-order chi connectivity index (χ1) is 11.0. The molecule has 0 amide bonds. The van der Waals surface area contributed by atoms with Crippen molar-refractivity contribution >= 4 is 17.9 Å². The number of ether oxygens (including phenoxy) is 1. The number of carbonyl (C=O) groups excluding carboxylic acids is 2. The Balaban J connectivity index is 2.49. The Labute approximate surface area is 133 Å². The second-order valence-electron chi connectivity index (χ2n) is 5.06. The van der Waals surface area contributed by atoms with E-state index in [1.807, 2.05) is 0 Å². The molecule has 1 aromatic carbocycles. The van der Waals surface area contributed by atoms with Crippen molar-refractivity contribution in [2.75, 3.05) is 6.61 Å². The molecule has 0 aromatic heterocycles. The summed E-state index contributed by atoms with van der Waals surface area (Å²) in [5.41, 5.74) is -0.486. The number of hydrogen-bond donors (Lipinski definition) is 0. The van der Waals surface area contributed by atoms with Gasteiger partial charge in [-0.3, -0.25) is 19.7 Å². The molecule has 0 heterocycles. The number of halogens is 1. The summed E-state index contributed by atoms with van der Waals surface area (Å²) >= 11 is 0. The Morgan fingerprint density at radius 3 is 2.61 bits per heavy atom. The van der Waals surface area contributed by atoms with Crippen LogP contribution in [0.2, 0.25) is 0 Å². The number of carbonyl (C=O) groups is 2. The van der Waals surface area contributed by atoms with Gasteiger partial charge in [-0.25, -0.2) is 0 Å². The zero-order valence-corrected chi connectivity index (χ0v) is 13.0. The molecule has 0 bridgehead atoms. The number of nitro benzene ring substituents is 1. The smallest absolute Gasteiger partial charge is 0.315 e. The minimum Gasteiger partial charge on any atom is -0.466 e. The standard InChI is InChI=1S/C16H20FNO5/c1-2-23-15(20)8-6-4-3-5-7-12-9-10-14(17)16(18(21)22)13(12)11-19/h9-11H,2-8H2,1H3. The lowest BCUT2D eigenvalue weighted by Crippen LogP contribution is -2.04. The molecule has 0 radical (unpaired) electrons. The highest BCUT2D eigenvalue weighted by molar-refractivity contribution is 5.83. The van der Waals surface area contributed by atoms with Crippen LogP contribution in [0.4, 0.5) is 10.1 Å². The predicted octanol–water partition coefficient (Wildman–Crippen LogP) is 3.60. The first-order valence-electron chi connectivity index (χ1n) is 7.57. The number of unbranched alkanes of at least 4 members (excludes halogenated alkanes) is 3. The van der Waals surface area contributed by atoms with E-state index >= 15 is 0 Å². The Bertz CT molecular complexity index is 574. The molecule has 0 aliphatic carbocycles. The molecular weight excluding hydrogens is 305 g/mol. The third kappa shape index (κ3) is 5.77. The van der Waals surface area contributed by atoms with Gasteiger partial charge in [-0.2, -0.15) is 4.39 Å². The van der Waals surface area contributed by atoms with E-state index in [1.165, 1.54) is 6.07 Å². The van der Waals surface area contributed by atoms with E-state index in [0.717, 1.165) is 18.9 Å². The lowest BCUT2D eigenvalue weighted by Gasteiger charge is -2.06. The lowest BCUT2D eigenvalue weighted by molar-refractivity contribution is -0.387. The van der Waals surface area contributed by atoms with E-state index in [4.69, 9.17) is 4.74 Å². The summed E-state index contributed by atoms with van der Waals surface area (Å²) in [6, 6.07) is 2.42. The molecule has 0 spiro atoms. The summed E-state index contributed by atoms with van der Waals surface area (Å²) in [4.78, 5) is 32.2. The SMILES string of the molecule is CCOC(=O)CCCCCCc1ccc(F)c([N+](=O)[O-])c1C=O. The summed E-state index contributed by atoms with van der Waals surface area (Å²) in [6.45, 7) is 2.13. The van der Waals surface area contributed by atoms with Gasteiger partial charge in [-0.1, -0.05) is 18.9 Å². The Kier molecular flexibility index (Phi) is 7.87. The highest BCUT2D eigenvalue weighted by Crippen LogP contribution is 2.25. The number of aldehydes is 1. The van der Waals surface area contributed by atoms with Crippen molar-refractivity contribution in [3.63, 3.8) is 0 Å². The summed E-state index contributed by atoms with van der Waals surface area (Å²) in [5, 5.41) is 10.8. The van der Waals surface area contributed by atoms with E-state index in [0.29, 0.717) is 44.1 Å². The highest BCUT2D eigenvalue weighted by atomic mass is 19.1. The molecule has 0 saturated heterocycles. The molecule has 0 aliphatic heterocycles. The van der Waals surface area contributed by atoms with Crippen molar-refractivity contribution in [1.82, 2.24) is 0 Å². The largest absolute Gasteiger partial charge is 0.466 e. The maximum absolute atomic E-state index is 13.5. The van der Waals surface area contributed by atoms with Crippen molar-refractivity contribution in [1.29, 1.82) is 0 Å². The van der Waals surface area contributed by atoms with Gasteiger partial charge in [0.1, 0.15) is 0 Å². The molecule has 6 nitrogen and oxygen atoms in total. The van der Waals surface area contributed by atoms with Gasteiger partial charge >= 0.3 is 11.7 Å². The molecule has 0 aliphatic rings. The van der Waals surface area contributed by atoms with Crippen molar-refractivity contribution in [3.8, 4) is 0 Å². The maximum atomic E-state index is 13.5. The molecule has 0 fully saturated rings. The van der Waals surface area contributed by atoms with Crippen molar-refractivity contribution in [3.05, 3.63) is 39.2 Å². The van der Waals surface area contributed by atoms with Gasteiger partial charge in [-0.15, -0.1) is 0 Å². The summed E-state index contributed by atoms with van der Waals surface area (Å²) in [6.07, 6.45) is 4.19. The summed E-state index contributed by atoms with van der Waals surface area (Å²) in [7, 11) is 0. The molecule has 0 unspecified atom stereocenters. The third-order valence-corrected chi connectivity index (χ3v) is 3.44. The van der Waals surface area contributed by atoms with E-state index in [-0.39, 0.29) is 11.5 Å². The molecule has 1 rings (SSSR count). The van der Waals surface area contributed by atoms with Crippen LogP contribution < -0.4 is 0 Å². The van der Waals surface area contributed by atoms with Crippen LogP contribution in [0.3, 0.4) is 0 Å². The number of nitro groups is 1. The highest BCUT2D eigenvalue weighted by Gasteiger charge is 2.22. The van der Waals surface area contributed by atoms with Crippen molar-refractivity contribution in [2.24, 2.45) is 0 Å². The second kappa shape index (κ2) is 9.66. The van der Waals surface area contributed by atoms with Gasteiger partial charge < -0.3 is 4.74 Å². The van der Waals surface area contributed by atoms with Crippen molar-refractivity contribution in [2.45, 2.75) is 45.4 Å². The molecule has 0 N–H and O–H groups in total. The zero-order chi connectivity index (χ0) is 17.2. The van der Waals surface area contributed by atoms with Gasteiger partial charge in [0.25, 0.3) is 0 Å². The van der Waals surface area contributed by atoms with Crippen LogP contribution in [0.1, 0.15) is 54.9 Å². The quantitative estimate of drug-likeness (QED) is 0.216. The van der Waals surface area contributed by atoms with Crippen LogP contribution >= 0.6 is 0 Å². The lowest BCUT2D eigenvalue weighted by atomic mass is 9.99. The average Bonchev–Trinajstić information content (AvgIpc) is 2.51. The Morgan fingerprint density at radius 2 is 2.00 bits per heavy atom. The molecular formula is C16H20FNO5. The molecule has 0 atom stereocenters. The fourth-order valence-electron chi connectivity index (χ4n) is 2.33. The van der Waals surface area contributed by atoms with Crippen LogP contribution in [-0.2, 0) is 16.0 Å². The average molecular weight is 325 g/mol. The minimum atomic E-state index is -1.00. The molecule has 23 heavy (non-hydrogen) atoms. The predicted molar refractivity (Wildman–Crippen MR) is 81.9 cm³/mol. The third-order valence-electron chi connectivity index (χ3n) is 3.44. The number of benzene rings is 1. The first-order valence-corrected chi connectivity index (χ1v) is 7.57. The van der Waals surface area contributed by atoms with Gasteiger partial charge in [0.15, 0.2) is 6.29 Å². The number of rotatable bonds is 10. The summed E-state index contributed by atoms with van der Waals surface area (Å²) in [5.74, 6) is -1.22. The number of nitrogens with zero attached hydrogens (tertiary/aromatic N) is 1. The van der Waals surface area contributed by atoms with Gasteiger partial charge in [0.05, 0.1) is 17.1 Å². The number of aryl methyl sites for hydroxylation is 1. The number of esters is 1. The van der Waals surface area contributed by atoms with E-state index in [1.54, 1.807) is 6.92 Å². The fourth-order valence-corrected chi connectivity index (χ4v) is 2.33. The Morgan fingerprint density at radius 1 is 1.30 bits per heavy atom. The van der Waals surface area contributed by atoms with Gasteiger partial charge in [0.2, 0.25) is 5.82 Å². The van der Waals surface area contributed by atoms with Crippen LogP contribution in [0.15, 0.2) is 12.1 Å². The van der Waals surface area contributed by atoms with E-state index in [2.05, 4.69) is 0 Å². The monoisotopic (exact) mass is 325 g/mol. The van der Waals surface area contributed by atoms with Crippen LogP contribution in [-0.4, -0.2) is 23.8 Å². The van der Waals surface area contributed by atoms with Gasteiger partial charge in [-0.05, 0) is 37.8 Å². The number of hydrogen-bond acceptors (Lipinski definition) is 5. The normalized spacial score (nSPS) is 10.3. The zero-order valence-electron chi connectivity index (χ0n) is 13.0. The van der Waals surface area contributed by atoms with Crippen LogP contribution in [0, 0.1) is 15.9 Å². The van der Waals surface area contributed by atoms with Crippen LogP contribution in [0.25, 0.3) is 0 Å². The molecule has 126 valence electrons. The fraction of sp³-hybridized carbons (Fsp3) is 0.500. The molecule has 0 saturated carbocycles. The second-order valence-corrected chi connectivity index (χ2v) is 5.06. The minimum absolute atomic E-state index is 0.193. The molecule has 7 heteroatoms. The van der Waals surface area contributed by atoms with Crippen molar-refractivity contribution < 1.29 is 23.6 Å². The van der Waals surface area contributed by atoms with Gasteiger partial charge in [0, 0.05) is 6.42 Å². The van der Waals surface area contributed by atoms with E-state index in [9.17, 15) is 24.1 Å². The maximum Gasteiger partial charge on any atom is 0.315 e. The Hall–Kier alpha value is -2.31.